The van der Waals surface area contributed by atoms with Crippen LogP contribution in [0, 0.1) is 0 Å². The first kappa shape index (κ1) is 12.5. The molecule has 0 radical (unpaired) electrons. The summed E-state index contributed by atoms with van der Waals surface area (Å²) in [5, 5.41) is 9.25. The first-order valence-corrected chi connectivity index (χ1v) is 5.41. The normalized spacial score (nSPS) is 14.7. The van der Waals surface area contributed by atoms with Gasteiger partial charge in [0.15, 0.2) is 11.5 Å². The van der Waals surface area contributed by atoms with Crippen molar-refractivity contribution < 1.29 is 24.1 Å². The van der Waals surface area contributed by atoms with Gasteiger partial charge in [-0.1, -0.05) is 0 Å². The van der Waals surface area contributed by atoms with Crippen molar-refractivity contribution in [1.29, 1.82) is 0 Å². The van der Waals surface area contributed by atoms with Crippen LogP contribution in [0.25, 0.3) is 0 Å². The van der Waals surface area contributed by atoms with Crippen LogP contribution in [0.3, 0.4) is 0 Å². The molecule has 0 saturated heterocycles. The van der Waals surface area contributed by atoms with E-state index in [4.69, 9.17) is 14.2 Å². The summed E-state index contributed by atoms with van der Waals surface area (Å²) in [6.45, 7) is 0.120. The number of carboxylic acid groups (broad SMARTS) is 1. The fourth-order valence-corrected chi connectivity index (χ4v) is 1.97. The number of hydrogen-bond acceptors (Lipinski definition) is 5. The fourth-order valence-electron chi connectivity index (χ4n) is 1.97. The molecule has 0 aliphatic carbocycles. The van der Waals surface area contributed by atoms with E-state index < -0.39 is 12.0 Å². The third-order valence-electron chi connectivity index (χ3n) is 2.75. The van der Waals surface area contributed by atoms with Gasteiger partial charge in [-0.15, -0.1) is 0 Å². The molecule has 2 rings (SSSR count). The average molecular weight is 253 g/mol. The highest BCUT2D eigenvalue weighted by Gasteiger charge is 2.27. The summed E-state index contributed by atoms with van der Waals surface area (Å²) >= 11 is 0. The lowest BCUT2D eigenvalue weighted by Gasteiger charge is -2.21. The van der Waals surface area contributed by atoms with E-state index in [2.05, 4.69) is 0 Å². The van der Waals surface area contributed by atoms with Gasteiger partial charge in [0.2, 0.25) is 12.5 Å². The van der Waals surface area contributed by atoms with Gasteiger partial charge in [-0.25, -0.2) is 0 Å². The summed E-state index contributed by atoms with van der Waals surface area (Å²) in [7, 11) is 4.91. The van der Waals surface area contributed by atoms with Gasteiger partial charge in [-0.3, -0.25) is 9.69 Å². The van der Waals surface area contributed by atoms with Crippen LogP contribution in [0.1, 0.15) is 11.6 Å². The van der Waals surface area contributed by atoms with Gasteiger partial charge in [-0.05, 0) is 31.8 Å². The van der Waals surface area contributed by atoms with Gasteiger partial charge >= 0.3 is 5.97 Å². The number of rotatable bonds is 4. The minimum Gasteiger partial charge on any atom is -0.493 e. The predicted molar refractivity (Wildman–Crippen MR) is 63.2 cm³/mol. The van der Waals surface area contributed by atoms with E-state index in [0.717, 1.165) is 0 Å². The molecule has 0 fully saturated rings. The number of likely N-dealkylation sites (N-methyl/N-ethyl adjacent to an activating group) is 1. The summed E-state index contributed by atoms with van der Waals surface area (Å²) in [5.74, 6) is 0.579. The van der Waals surface area contributed by atoms with Crippen molar-refractivity contribution >= 4 is 5.97 Å². The van der Waals surface area contributed by atoms with Gasteiger partial charge in [0.1, 0.15) is 6.04 Å². The van der Waals surface area contributed by atoms with Crippen LogP contribution in [0.15, 0.2) is 12.1 Å². The predicted octanol–water partition coefficient (Wildman–Crippen LogP) is 1.11. The maximum Gasteiger partial charge on any atom is 0.325 e. The first-order valence-electron chi connectivity index (χ1n) is 5.41. The van der Waals surface area contributed by atoms with Gasteiger partial charge in [0, 0.05) is 0 Å². The van der Waals surface area contributed by atoms with Crippen molar-refractivity contribution in [2.75, 3.05) is 28.0 Å². The second-order valence-electron chi connectivity index (χ2n) is 4.16. The third-order valence-corrected chi connectivity index (χ3v) is 2.75. The Kier molecular flexibility index (Phi) is 3.29. The molecule has 6 heteroatoms. The Hall–Kier alpha value is -1.95. The molecule has 1 aliphatic rings. The molecular formula is C12H15NO5. The summed E-state index contributed by atoms with van der Waals surface area (Å²) in [5.41, 5.74) is 0.591. The number of hydrogen-bond donors (Lipinski definition) is 1. The van der Waals surface area contributed by atoms with E-state index in [-0.39, 0.29) is 6.79 Å². The molecular weight excluding hydrogens is 238 g/mol. The minimum absolute atomic E-state index is 0.120. The third kappa shape index (κ3) is 2.06. The maximum absolute atomic E-state index is 11.3. The smallest absolute Gasteiger partial charge is 0.325 e. The molecule has 1 atom stereocenters. The minimum atomic E-state index is -0.930. The van der Waals surface area contributed by atoms with Crippen LogP contribution >= 0.6 is 0 Å². The molecule has 1 N–H and O–H groups in total. The Balaban J connectivity index is 2.48. The Labute approximate surface area is 105 Å². The molecule has 0 saturated carbocycles. The van der Waals surface area contributed by atoms with Crippen molar-refractivity contribution in [2.45, 2.75) is 6.04 Å². The largest absolute Gasteiger partial charge is 0.493 e. The lowest BCUT2D eigenvalue weighted by Crippen LogP contribution is -2.27. The standard InChI is InChI=1S/C12H15NO5/c1-13(2)10(12(14)15)7-4-8(16-3)11-9(5-7)17-6-18-11/h4-5,10H,6H2,1-3H3,(H,14,15). The zero-order valence-corrected chi connectivity index (χ0v) is 10.5. The number of benzene rings is 1. The van der Waals surface area contributed by atoms with Crippen LogP contribution in [-0.4, -0.2) is 44.0 Å². The van der Waals surface area contributed by atoms with Crippen molar-refractivity contribution in [3.8, 4) is 17.2 Å². The Bertz CT molecular complexity index is 472. The highest BCUT2D eigenvalue weighted by atomic mass is 16.7. The van der Waals surface area contributed by atoms with Gasteiger partial charge in [0.25, 0.3) is 0 Å². The van der Waals surface area contributed by atoms with E-state index in [1.807, 2.05) is 0 Å². The first-order chi connectivity index (χ1) is 8.54. The average Bonchev–Trinajstić information content (AvgIpc) is 2.74. The molecule has 1 aliphatic heterocycles. The quantitative estimate of drug-likeness (QED) is 0.867. The van der Waals surface area contributed by atoms with E-state index in [1.165, 1.54) is 7.11 Å². The number of ether oxygens (including phenoxy) is 3. The van der Waals surface area contributed by atoms with E-state index in [0.29, 0.717) is 22.8 Å². The summed E-state index contributed by atoms with van der Waals surface area (Å²) in [4.78, 5) is 12.9. The van der Waals surface area contributed by atoms with Crippen molar-refractivity contribution in [2.24, 2.45) is 0 Å². The Morgan fingerprint density at radius 1 is 1.44 bits per heavy atom. The Morgan fingerprint density at radius 3 is 2.72 bits per heavy atom. The molecule has 1 unspecified atom stereocenters. The number of aliphatic carboxylic acids is 1. The van der Waals surface area contributed by atoms with E-state index in [1.54, 1.807) is 31.1 Å². The fraction of sp³-hybridized carbons (Fsp3) is 0.417. The lowest BCUT2D eigenvalue weighted by atomic mass is 10.0. The van der Waals surface area contributed by atoms with Gasteiger partial charge < -0.3 is 19.3 Å². The van der Waals surface area contributed by atoms with Gasteiger partial charge in [0.05, 0.1) is 7.11 Å². The summed E-state index contributed by atoms with van der Waals surface area (Å²) in [6, 6.07) is 2.57. The molecule has 98 valence electrons. The molecule has 0 bridgehead atoms. The molecule has 18 heavy (non-hydrogen) atoms. The molecule has 0 spiro atoms. The maximum atomic E-state index is 11.3. The van der Waals surface area contributed by atoms with Crippen molar-refractivity contribution in [1.82, 2.24) is 4.90 Å². The SMILES string of the molecule is COc1cc(C(C(=O)O)N(C)C)cc2c1OCO2. The molecule has 0 aromatic heterocycles. The molecule has 1 aromatic carbocycles. The second kappa shape index (κ2) is 4.73. The highest BCUT2D eigenvalue weighted by molar-refractivity contribution is 5.76. The van der Waals surface area contributed by atoms with E-state index in [9.17, 15) is 9.90 Å². The Morgan fingerprint density at radius 2 is 2.17 bits per heavy atom. The number of carbonyl (C=O) groups is 1. The molecule has 6 nitrogen and oxygen atoms in total. The number of methoxy groups -OCH3 is 1. The molecule has 1 heterocycles. The zero-order valence-electron chi connectivity index (χ0n) is 10.5. The molecule has 0 amide bonds. The van der Waals surface area contributed by atoms with Crippen LogP contribution in [0.5, 0.6) is 17.2 Å². The zero-order chi connectivity index (χ0) is 13.3. The second-order valence-corrected chi connectivity index (χ2v) is 4.16. The van der Waals surface area contributed by atoms with Crippen molar-refractivity contribution in [3.63, 3.8) is 0 Å². The van der Waals surface area contributed by atoms with Crippen LogP contribution in [-0.2, 0) is 4.79 Å². The number of carboxylic acids is 1. The van der Waals surface area contributed by atoms with Crippen LogP contribution in [0.4, 0.5) is 0 Å². The van der Waals surface area contributed by atoms with Gasteiger partial charge in [-0.2, -0.15) is 0 Å². The summed E-state index contributed by atoms with van der Waals surface area (Å²) < 4.78 is 15.7. The highest BCUT2D eigenvalue weighted by Crippen LogP contribution is 2.43. The number of fused-ring (bicyclic) bond motifs is 1. The monoisotopic (exact) mass is 253 g/mol. The summed E-state index contributed by atoms with van der Waals surface area (Å²) in [6.07, 6.45) is 0. The van der Waals surface area contributed by atoms with Crippen LogP contribution < -0.4 is 14.2 Å². The van der Waals surface area contributed by atoms with E-state index >= 15 is 0 Å². The number of nitrogens with zero attached hydrogens (tertiary/aromatic N) is 1. The lowest BCUT2D eigenvalue weighted by molar-refractivity contribution is -0.142. The topological polar surface area (TPSA) is 68.2 Å². The molecule has 1 aromatic rings. The van der Waals surface area contributed by atoms with Crippen molar-refractivity contribution in [3.05, 3.63) is 17.7 Å². The van der Waals surface area contributed by atoms with Crippen LogP contribution in [0.2, 0.25) is 0 Å².